The lowest BCUT2D eigenvalue weighted by atomic mass is 9.65. The van der Waals surface area contributed by atoms with Gasteiger partial charge in [-0.25, -0.2) is 0 Å². The fourth-order valence-corrected chi connectivity index (χ4v) is 4.00. The van der Waals surface area contributed by atoms with Gasteiger partial charge in [0, 0.05) is 0 Å². The normalized spacial score (nSPS) is 29.8. The smallest absolute Gasteiger partial charge is 0.309 e. The Hall–Kier alpha value is -1.32. The number of esters is 1. The summed E-state index contributed by atoms with van der Waals surface area (Å²) in [6, 6.07) is 0. The van der Waals surface area contributed by atoms with E-state index in [-0.39, 0.29) is 5.97 Å². The van der Waals surface area contributed by atoms with Crippen molar-refractivity contribution in [1.29, 1.82) is 0 Å². The van der Waals surface area contributed by atoms with E-state index in [2.05, 4.69) is 19.1 Å². The number of hydrogen-bond acceptors (Lipinski definition) is 3. The van der Waals surface area contributed by atoms with Gasteiger partial charge in [0.2, 0.25) is 0 Å². The first kappa shape index (κ1) is 18.0. The minimum Gasteiger partial charge on any atom is -0.481 e. The van der Waals surface area contributed by atoms with Crippen LogP contribution in [-0.2, 0) is 14.3 Å². The molecule has 4 nitrogen and oxygen atoms in total. The molecular weight excluding hydrogens is 292 g/mol. The van der Waals surface area contributed by atoms with Gasteiger partial charge in [-0.05, 0) is 43.9 Å². The van der Waals surface area contributed by atoms with Crippen LogP contribution in [0.5, 0.6) is 0 Å². The van der Waals surface area contributed by atoms with E-state index in [1.54, 1.807) is 0 Å². The van der Waals surface area contributed by atoms with Gasteiger partial charge in [0.15, 0.2) is 0 Å². The number of ether oxygens (including phenoxy) is 1. The number of hydrogen-bond donors (Lipinski definition) is 1. The molecule has 2 aliphatic rings. The minimum absolute atomic E-state index is 0.291. The predicted octanol–water partition coefficient (Wildman–Crippen LogP) is 4.19. The van der Waals surface area contributed by atoms with Crippen LogP contribution in [0.25, 0.3) is 0 Å². The van der Waals surface area contributed by atoms with Crippen molar-refractivity contribution in [2.75, 3.05) is 6.61 Å². The molecule has 130 valence electrons. The Morgan fingerprint density at radius 3 is 2.22 bits per heavy atom. The van der Waals surface area contributed by atoms with Crippen LogP contribution in [0.3, 0.4) is 0 Å². The quantitative estimate of drug-likeness (QED) is 0.413. The topological polar surface area (TPSA) is 63.6 Å². The standard InChI is InChI=1S/C19H30O4/c1-2-3-4-5-8-11-23-19(22)17-13-15-10-7-6-9-14(15)12-16(17)18(20)21/h6-7,14-17H,2-5,8-13H2,1H3,(H,20,21). The van der Waals surface area contributed by atoms with E-state index in [0.29, 0.717) is 31.3 Å². The fourth-order valence-electron chi connectivity index (χ4n) is 4.00. The third-order valence-corrected chi connectivity index (χ3v) is 5.42. The molecule has 0 heterocycles. The van der Waals surface area contributed by atoms with Crippen LogP contribution in [0.15, 0.2) is 12.2 Å². The summed E-state index contributed by atoms with van der Waals surface area (Å²) in [5, 5.41) is 9.49. The van der Waals surface area contributed by atoms with Gasteiger partial charge in [-0.3, -0.25) is 9.59 Å². The summed E-state index contributed by atoms with van der Waals surface area (Å²) in [5.74, 6) is -1.31. The van der Waals surface area contributed by atoms with Gasteiger partial charge < -0.3 is 9.84 Å². The van der Waals surface area contributed by atoms with Crippen LogP contribution >= 0.6 is 0 Å². The molecule has 23 heavy (non-hydrogen) atoms. The number of allylic oxidation sites excluding steroid dienone is 2. The van der Waals surface area contributed by atoms with E-state index in [9.17, 15) is 14.7 Å². The fraction of sp³-hybridized carbons (Fsp3) is 0.789. The van der Waals surface area contributed by atoms with E-state index in [1.165, 1.54) is 19.3 Å². The molecule has 4 atom stereocenters. The lowest BCUT2D eigenvalue weighted by Crippen LogP contribution is -2.41. The van der Waals surface area contributed by atoms with Crippen LogP contribution in [-0.4, -0.2) is 23.7 Å². The summed E-state index contributed by atoms with van der Waals surface area (Å²) in [6.07, 6.45) is 13.0. The summed E-state index contributed by atoms with van der Waals surface area (Å²) in [6.45, 7) is 2.60. The average Bonchev–Trinajstić information content (AvgIpc) is 2.56. The Morgan fingerprint density at radius 1 is 1.00 bits per heavy atom. The average molecular weight is 322 g/mol. The van der Waals surface area contributed by atoms with E-state index in [0.717, 1.165) is 25.7 Å². The first-order chi connectivity index (χ1) is 11.1. The second-order valence-corrected chi connectivity index (χ2v) is 7.07. The lowest BCUT2D eigenvalue weighted by molar-refractivity contribution is -0.162. The van der Waals surface area contributed by atoms with Crippen molar-refractivity contribution in [2.24, 2.45) is 23.7 Å². The molecule has 1 fully saturated rings. The maximum Gasteiger partial charge on any atom is 0.309 e. The number of unbranched alkanes of at least 4 members (excludes halogenated alkanes) is 4. The highest BCUT2D eigenvalue weighted by atomic mass is 16.5. The van der Waals surface area contributed by atoms with Gasteiger partial charge in [0.25, 0.3) is 0 Å². The van der Waals surface area contributed by atoms with Gasteiger partial charge in [-0.15, -0.1) is 0 Å². The van der Waals surface area contributed by atoms with E-state index in [1.807, 2.05) is 0 Å². The molecule has 0 aromatic rings. The van der Waals surface area contributed by atoms with Crippen molar-refractivity contribution >= 4 is 11.9 Å². The van der Waals surface area contributed by atoms with E-state index < -0.39 is 17.8 Å². The van der Waals surface area contributed by atoms with E-state index in [4.69, 9.17) is 4.74 Å². The van der Waals surface area contributed by atoms with Crippen LogP contribution < -0.4 is 0 Å². The maximum absolute atomic E-state index is 12.4. The Labute approximate surface area is 139 Å². The Bertz CT molecular complexity index is 429. The molecule has 0 amide bonds. The van der Waals surface area contributed by atoms with Gasteiger partial charge in [-0.1, -0.05) is 44.8 Å². The van der Waals surface area contributed by atoms with Crippen molar-refractivity contribution in [3.63, 3.8) is 0 Å². The van der Waals surface area contributed by atoms with Gasteiger partial charge >= 0.3 is 11.9 Å². The minimum atomic E-state index is -0.845. The molecule has 1 N–H and O–H groups in total. The summed E-state index contributed by atoms with van der Waals surface area (Å²) in [5.41, 5.74) is 0. The monoisotopic (exact) mass is 322 g/mol. The van der Waals surface area contributed by atoms with Crippen LogP contribution in [0.2, 0.25) is 0 Å². The van der Waals surface area contributed by atoms with Crippen LogP contribution in [0.4, 0.5) is 0 Å². The zero-order valence-corrected chi connectivity index (χ0v) is 14.2. The lowest BCUT2D eigenvalue weighted by Gasteiger charge is -2.39. The first-order valence-electron chi connectivity index (χ1n) is 9.18. The van der Waals surface area contributed by atoms with Crippen molar-refractivity contribution in [3.8, 4) is 0 Å². The molecule has 4 unspecified atom stereocenters. The second kappa shape index (κ2) is 9.09. The molecular formula is C19H30O4. The molecule has 2 rings (SSSR count). The number of carboxylic acids is 1. The van der Waals surface area contributed by atoms with Crippen molar-refractivity contribution in [2.45, 2.75) is 64.7 Å². The SMILES string of the molecule is CCCCCCCOC(=O)C1CC2CC=CCC2CC1C(=O)O. The van der Waals surface area contributed by atoms with Crippen molar-refractivity contribution in [3.05, 3.63) is 12.2 Å². The molecule has 0 saturated heterocycles. The van der Waals surface area contributed by atoms with Gasteiger partial charge in [0.1, 0.15) is 0 Å². The van der Waals surface area contributed by atoms with Crippen LogP contribution in [0, 0.1) is 23.7 Å². The molecule has 0 aromatic carbocycles. The number of carbonyl (C=O) groups excluding carboxylic acids is 1. The summed E-state index contributed by atoms with van der Waals surface area (Å²) >= 11 is 0. The zero-order valence-electron chi connectivity index (χ0n) is 14.2. The Kier molecular flexibility index (Phi) is 7.13. The molecule has 0 bridgehead atoms. The summed E-state index contributed by atoms with van der Waals surface area (Å²) < 4.78 is 5.40. The third kappa shape index (κ3) is 5.08. The second-order valence-electron chi connectivity index (χ2n) is 7.07. The number of aliphatic carboxylic acids is 1. The summed E-state index contributed by atoms with van der Waals surface area (Å²) in [4.78, 5) is 23.9. The molecule has 0 spiro atoms. The Balaban J connectivity index is 1.83. The largest absolute Gasteiger partial charge is 0.481 e. The number of rotatable bonds is 8. The molecule has 4 heteroatoms. The maximum atomic E-state index is 12.4. The first-order valence-corrected chi connectivity index (χ1v) is 9.18. The molecule has 0 aliphatic heterocycles. The van der Waals surface area contributed by atoms with Crippen LogP contribution in [0.1, 0.15) is 64.7 Å². The van der Waals surface area contributed by atoms with Crippen molar-refractivity contribution < 1.29 is 19.4 Å². The highest BCUT2D eigenvalue weighted by Gasteiger charge is 2.44. The number of carboxylic acid groups (broad SMARTS) is 1. The molecule has 0 aromatic heterocycles. The molecule has 1 saturated carbocycles. The summed E-state index contributed by atoms with van der Waals surface area (Å²) in [7, 11) is 0. The highest BCUT2D eigenvalue weighted by Crippen LogP contribution is 2.44. The van der Waals surface area contributed by atoms with Crippen molar-refractivity contribution in [1.82, 2.24) is 0 Å². The predicted molar refractivity (Wildman–Crippen MR) is 88.9 cm³/mol. The van der Waals surface area contributed by atoms with Gasteiger partial charge in [-0.2, -0.15) is 0 Å². The zero-order chi connectivity index (χ0) is 16.7. The van der Waals surface area contributed by atoms with E-state index >= 15 is 0 Å². The number of carbonyl (C=O) groups is 2. The number of fused-ring (bicyclic) bond motifs is 1. The Morgan fingerprint density at radius 2 is 1.61 bits per heavy atom. The third-order valence-electron chi connectivity index (χ3n) is 5.42. The highest BCUT2D eigenvalue weighted by molar-refractivity contribution is 5.81. The molecule has 0 radical (unpaired) electrons. The molecule has 2 aliphatic carbocycles. The van der Waals surface area contributed by atoms with Gasteiger partial charge in [0.05, 0.1) is 18.4 Å².